The lowest BCUT2D eigenvalue weighted by Crippen LogP contribution is -2.30. The van der Waals surface area contributed by atoms with E-state index in [0.717, 1.165) is 39.5 Å². The Morgan fingerprint density at radius 3 is 2.80 bits per heavy atom. The van der Waals surface area contributed by atoms with Gasteiger partial charge in [-0.05, 0) is 37.3 Å². The van der Waals surface area contributed by atoms with Crippen LogP contribution in [0.2, 0.25) is 0 Å². The van der Waals surface area contributed by atoms with Crippen LogP contribution in [0.5, 0.6) is 5.75 Å². The number of aliphatic hydroxyl groups excluding tert-OH is 1. The van der Waals surface area contributed by atoms with Gasteiger partial charge in [0, 0.05) is 31.6 Å². The van der Waals surface area contributed by atoms with Crippen LogP contribution < -0.4 is 4.74 Å². The molecule has 1 saturated heterocycles. The number of carbonyl (C=O) groups is 1. The summed E-state index contributed by atoms with van der Waals surface area (Å²) < 4.78 is 7.60. The molecule has 1 aromatic carbocycles. The number of aromatic amines is 1. The average molecular weight is 405 g/mol. The second kappa shape index (κ2) is 7.14. The second-order valence-corrected chi connectivity index (χ2v) is 7.54. The molecule has 1 amide bonds. The van der Waals surface area contributed by atoms with Crippen molar-refractivity contribution in [3.8, 4) is 17.0 Å². The summed E-state index contributed by atoms with van der Waals surface area (Å²) in [6.45, 7) is 4.40. The minimum Gasteiger partial charge on any atom is -0.494 e. The van der Waals surface area contributed by atoms with E-state index >= 15 is 0 Å². The van der Waals surface area contributed by atoms with Crippen molar-refractivity contribution in [1.82, 2.24) is 24.3 Å². The summed E-state index contributed by atoms with van der Waals surface area (Å²) in [5.41, 5.74) is 4.20. The summed E-state index contributed by atoms with van der Waals surface area (Å²) in [7, 11) is 0. The zero-order chi connectivity index (χ0) is 20.8. The predicted molar refractivity (Wildman–Crippen MR) is 112 cm³/mol. The quantitative estimate of drug-likeness (QED) is 0.544. The Balaban J connectivity index is 1.72. The topological polar surface area (TPSA) is 95.8 Å². The van der Waals surface area contributed by atoms with Crippen molar-refractivity contribution in [2.45, 2.75) is 32.4 Å². The minimum absolute atomic E-state index is 0.0738. The van der Waals surface area contributed by atoms with Gasteiger partial charge in [0.2, 0.25) is 5.91 Å². The maximum atomic E-state index is 12.2. The SMILES string of the molecule is CCOc1ccc(-c2nc([C@H]3C[C@@H](O)CN3C(C)=O)n3c2cnc2[nH]ccc23)cc1. The molecule has 4 aromatic rings. The normalized spacial score (nSPS) is 19.1. The van der Waals surface area contributed by atoms with Crippen LogP contribution in [0.25, 0.3) is 27.9 Å². The number of imidazole rings is 1. The first-order valence-electron chi connectivity index (χ1n) is 10.1. The molecule has 0 unspecified atom stereocenters. The Bertz CT molecular complexity index is 1230. The highest BCUT2D eigenvalue weighted by Crippen LogP contribution is 2.36. The Kier molecular flexibility index (Phi) is 4.43. The van der Waals surface area contributed by atoms with Gasteiger partial charge in [-0.2, -0.15) is 0 Å². The molecule has 3 aromatic heterocycles. The van der Waals surface area contributed by atoms with Crippen LogP contribution in [-0.4, -0.2) is 54.5 Å². The van der Waals surface area contributed by atoms with Crippen LogP contribution in [0.1, 0.15) is 32.1 Å². The number of nitrogens with one attached hydrogen (secondary N) is 1. The first kappa shape index (κ1) is 18.6. The van der Waals surface area contributed by atoms with Crippen molar-refractivity contribution in [1.29, 1.82) is 0 Å². The number of β-amino-alcohol motifs (C(OH)–C–C–N with tert-alkyl or cyclic N) is 1. The zero-order valence-corrected chi connectivity index (χ0v) is 16.9. The number of rotatable bonds is 4. The Morgan fingerprint density at radius 1 is 1.27 bits per heavy atom. The van der Waals surface area contributed by atoms with Gasteiger partial charge in [0.15, 0.2) is 5.65 Å². The summed E-state index contributed by atoms with van der Waals surface area (Å²) in [6, 6.07) is 9.45. The molecule has 1 aliphatic heterocycles. The molecular weight excluding hydrogens is 382 g/mol. The van der Waals surface area contributed by atoms with E-state index in [1.165, 1.54) is 6.92 Å². The van der Waals surface area contributed by atoms with Crippen molar-refractivity contribution < 1.29 is 14.6 Å². The fourth-order valence-electron chi connectivity index (χ4n) is 4.30. The van der Waals surface area contributed by atoms with Crippen molar-refractivity contribution in [2.24, 2.45) is 0 Å². The number of hydrogen-bond donors (Lipinski definition) is 2. The molecule has 2 N–H and O–H groups in total. The van der Waals surface area contributed by atoms with Gasteiger partial charge in [0.25, 0.3) is 0 Å². The van der Waals surface area contributed by atoms with Crippen LogP contribution >= 0.6 is 0 Å². The van der Waals surface area contributed by atoms with Crippen LogP contribution in [0.15, 0.2) is 42.7 Å². The molecule has 2 atom stereocenters. The number of carbonyl (C=O) groups excluding carboxylic acids is 1. The van der Waals surface area contributed by atoms with E-state index in [0.29, 0.717) is 19.6 Å². The molecule has 0 radical (unpaired) electrons. The zero-order valence-electron chi connectivity index (χ0n) is 16.9. The highest BCUT2D eigenvalue weighted by atomic mass is 16.5. The fourth-order valence-corrected chi connectivity index (χ4v) is 4.30. The van der Waals surface area contributed by atoms with Gasteiger partial charge >= 0.3 is 0 Å². The minimum atomic E-state index is -0.566. The molecule has 0 spiro atoms. The smallest absolute Gasteiger partial charge is 0.220 e. The third kappa shape index (κ3) is 2.91. The van der Waals surface area contributed by atoms with Crippen LogP contribution in [0, 0.1) is 0 Å². The van der Waals surface area contributed by atoms with Crippen molar-refractivity contribution in [2.75, 3.05) is 13.2 Å². The maximum Gasteiger partial charge on any atom is 0.220 e. The standard InChI is InChI=1S/C22H23N5O3/c1-3-30-16-6-4-14(5-7-16)20-19-11-24-21-17(8-9-23-21)27(19)22(25-20)18-10-15(29)12-26(18)13(2)28/h4-9,11,15,18,23,29H,3,10,12H2,1-2H3/t15-,18-/m1/s1. The fraction of sp³-hybridized carbons (Fsp3) is 0.318. The number of fused-ring (bicyclic) bond motifs is 3. The number of H-pyrrole nitrogens is 1. The van der Waals surface area contributed by atoms with Crippen molar-refractivity contribution >= 4 is 22.6 Å². The number of amides is 1. The van der Waals surface area contributed by atoms with Gasteiger partial charge in [-0.15, -0.1) is 0 Å². The van der Waals surface area contributed by atoms with Gasteiger partial charge in [-0.3, -0.25) is 9.20 Å². The summed E-state index contributed by atoms with van der Waals surface area (Å²) in [4.78, 5) is 26.6. The maximum absolute atomic E-state index is 12.2. The third-order valence-corrected chi connectivity index (χ3v) is 5.62. The first-order chi connectivity index (χ1) is 14.6. The summed E-state index contributed by atoms with van der Waals surface area (Å²) in [5, 5.41) is 10.3. The van der Waals surface area contributed by atoms with E-state index in [2.05, 4.69) is 9.97 Å². The molecule has 1 fully saturated rings. The second-order valence-electron chi connectivity index (χ2n) is 7.54. The number of hydrogen-bond acceptors (Lipinski definition) is 5. The number of nitrogens with zero attached hydrogens (tertiary/aromatic N) is 4. The first-order valence-corrected chi connectivity index (χ1v) is 10.1. The van der Waals surface area contributed by atoms with Gasteiger partial charge < -0.3 is 19.7 Å². The largest absolute Gasteiger partial charge is 0.494 e. The van der Waals surface area contributed by atoms with Gasteiger partial charge in [0.05, 0.1) is 41.7 Å². The molecule has 5 rings (SSSR count). The van der Waals surface area contributed by atoms with Crippen molar-refractivity contribution in [3.63, 3.8) is 0 Å². The monoisotopic (exact) mass is 405 g/mol. The molecule has 0 saturated carbocycles. The Morgan fingerprint density at radius 2 is 2.07 bits per heavy atom. The molecule has 0 bridgehead atoms. The van der Waals surface area contributed by atoms with Gasteiger partial charge in [-0.25, -0.2) is 9.97 Å². The molecule has 0 aliphatic carbocycles. The van der Waals surface area contributed by atoms with Crippen LogP contribution in [0.3, 0.4) is 0 Å². The number of benzene rings is 1. The van der Waals surface area contributed by atoms with E-state index in [1.54, 1.807) is 11.1 Å². The van der Waals surface area contributed by atoms with E-state index in [9.17, 15) is 9.90 Å². The number of aliphatic hydroxyl groups is 1. The van der Waals surface area contributed by atoms with Crippen LogP contribution in [0.4, 0.5) is 0 Å². The molecule has 8 heteroatoms. The highest BCUT2D eigenvalue weighted by molar-refractivity contribution is 5.84. The molecule has 30 heavy (non-hydrogen) atoms. The van der Waals surface area contributed by atoms with E-state index in [1.807, 2.05) is 47.9 Å². The lowest BCUT2D eigenvalue weighted by Gasteiger charge is -2.22. The molecular formula is C22H23N5O3. The number of aromatic nitrogens is 4. The van der Waals surface area contributed by atoms with Crippen molar-refractivity contribution in [3.05, 3.63) is 48.5 Å². The molecule has 8 nitrogen and oxygen atoms in total. The molecule has 1 aliphatic rings. The highest BCUT2D eigenvalue weighted by Gasteiger charge is 2.37. The average Bonchev–Trinajstić information content (AvgIpc) is 3.44. The lowest BCUT2D eigenvalue weighted by molar-refractivity contribution is -0.130. The summed E-state index contributed by atoms with van der Waals surface area (Å²) in [6.07, 6.45) is 3.52. The molecule has 4 heterocycles. The molecule has 154 valence electrons. The van der Waals surface area contributed by atoms with Gasteiger partial charge in [-0.1, -0.05) is 0 Å². The van der Waals surface area contributed by atoms with Crippen LogP contribution in [-0.2, 0) is 4.79 Å². The number of ether oxygens (including phenoxy) is 1. The Hall–Kier alpha value is -3.39. The summed E-state index contributed by atoms with van der Waals surface area (Å²) >= 11 is 0. The lowest BCUT2D eigenvalue weighted by atomic mass is 10.1. The van der Waals surface area contributed by atoms with Gasteiger partial charge in [0.1, 0.15) is 11.6 Å². The number of likely N-dealkylation sites (tertiary alicyclic amines) is 1. The Labute approximate surface area is 173 Å². The third-order valence-electron chi connectivity index (χ3n) is 5.62. The van der Waals surface area contributed by atoms with E-state index in [-0.39, 0.29) is 11.9 Å². The predicted octanol–water partition coefficient (Wildman–Crippen LogP) is 2.93. The summed E-state index contributed by atoms with van der Waals surface area (Å²) in [5.74, 6) is 1.46. The van der Waals surface area contributed by atoms with E-state index < -0.39 is 6.10 Å². The van der Waals surface area contributed by atoms with E-state index in [4.69, 9.17) is 9.72 Å².